The number of para-hydroxylation sites is 2. The van der Waals surface area contributed by atoms with Gasteiger partial charge in [-0.1, -0.05) is 144 Å². The van der Waals surface area contributed by atoms with Gasteiger partial charge in [0.2, 0.25) is 0 Å². The van der Waals surface area contributed by atoms with E-state index in [1.165, 1.54) is 115 Å². The largest absolute Gasteiger partial charge is 0.376 e. The molecule has 4 heterocycles. The second-order valence-electron chi connectivity index (χ2n) is 18.4. The van der Waals surface area contributed by atoms with Gasteiger partial charge in [0.15, 0.2) is 0 Å². The molecule has 0 amide bonds. The van der Waals surface area contributed by atoms with Gasteiger partial charge in [-0.2, -0.15) is 0 Å². The standard InChI is InChI=1S/C50H45BN2/c1-30-26-35-34-18-15-22-39-45(34)53(42-23-12-11-21-38(42)50(39)36-19-9-7-16-32(36)33-17-8-10-20-37(33)50)51-41-29-31(47(2,3)4)28-40-46(41)52(43(27-30)44(35)51)49(6)25-14-13-24-48(40,49)5/h7-12,15-23,26-29H,13-14,24-25H2,1-6H3. The first-order valence-electron chi connectivity index (χ1n) is 19.9. The lowest BCUT2D eigenvalue weighted by molar-refractivity contribution is 0.195. The lowest BCUT2D eigenvalue weighted by Gasteiger charge is -2.55. The van der Waals surface area contributed by atoms with Crippen molar-refractivity contribution >= 4 is 40.5 Å². The van der Waals surface area contributed by atoms with Crippen LogP contribution in [-0.4, -0.2) is 12.4 Å². The number of nitrogens with zero attached hydrogens (tertiary/aromatic N) is 2. The second-order valence-corrected chi connectivity index (χ2v) is 18.4. The molecular weight excluding hydrogens is 639 g/mol. The van der Waals surface area contributed by atoms with Crippen LogP contribution in [0.15, 0.2) is 115 Å². The zero-order valence-electron chi connectivity index (χ0n) is 31.8. The van der Waals surface area contributed by atoms with Gasteiger partial charge in [-0.15, -0.1) is 0 Å². The fourth-order valence-corrected chi connectivity index (χ4v) is 12.4. The third kappa shape index (κ3) is 3.29. The maximum Gasteiger partial charge on any atom is 0.333 e. The first kappa shape index (κ1) is 30.4. The van der Waals surface area contributed by atoms with E-state index in [4.69, 9.17) is 0 Å². The summed E-state index contributed by atoms with van der Waals surface area (Å²) in [5.74, 6) is 0. The van der Waals surface area contributed by atoms with Gasteiger partial charge in [-0.3, -0.25) is 0 Å². The molecule has 4 aliphatic heterocycles. The first-order valence-corrected chi connectivity index (χ1v) is 19.9. The maximum absolute atomic E-state index is 2.88. The van der Waals surface area contributed by atoms with Crippen LogP contribution in [0.5, 0.6) is 0 Å². The summed E-state index contributed by atoms with van der Waals surface area (Å²) in [5.41, 5.74) is 23.7. The zero-order chi connectivity index (χ0) is 35.8. The van der Waals surface area contributed by atoms with E-state index in [2.05, 4.69) is 167 Å². The highest BCUT2D eigenvalue weighted by Crippen LogP contribution is 2.66. The smallest absolute Gasteiger partial charge is 0.333 e. The third-order valence-corrected chi connectivity index (χ3v) is 15.0. The number of hydrogen-bond acceptors (Lipinski definition) is 2. The average Bonchev–Trinajstić information content (AvgIpc) is 3.57. The van der Waals surface area contributed by atoms with Gasteiger partial charge in [-0.25, -0.2) is 0 Å². The molecule has 0 N–H and O–H groups in total. The maximum atomic E-state index is 2.88. The number of rotatable bonds is 0. The molecule has 0 bridgehead atoms. The highest BCUT2D eigenvalue weighted by Gasteiger charge is 2.63. The normalized spacial score (nSPS) is 22.8. The predicted octanol–water partition coefficient (Wildman–Crippen LogP) is 10.9. The van der Waals surface area contributed by atoms with Gasteiger partial charge in [0.25, 0.3) is 0 Å². The van der Waals surface area contributed by atoms with Crippen LogP contribution in [0, 0.1) is 6.92 Å². The summed E-state index contributed by atoms with van der Waals surface area (Å²) in [5, 5.41) is 0. The highest BCUT2D eigenvalue weighted by molar-refractivity contribution is 6.93. The Kier molecular flexibility index (Phi) is 5.49. The van der Waals surface area contributed by atoms with Crippen molar-refractivity contribution in [1.29, 1.82) is 0 Å². The lowest BCUT2D eigenvalue weighted by atomic mass is 9.42. The summed E-state index contributed by atoms with van der Waals surface area (Å²) in [4.78, 5) is 5.68. The lowest BCUT2D eigenvalue weighted by Crippen LogP contribution is -2.65. The van der Waals surface area contributed by atoms with Gasteiger partial charge in [0.1, 0.15) is 0 Å². The van der Waals surface area contributed by atoms with Crippen molar-refractivity contribution in [2.75, 3.05) is 9.71 Å². The molecule has 6 aromatic carbocycles. The number of benzene rings is 6. The minimum Gasteiger partial charge on any atom is -0.376 e. The molecular formula is C50H45BN2. The van der Waals surface area contributed by atoms with Crippen LogP contribution in [0.1, 0.15) is 99.2 Å². The monoisotopic (exact) mass is 684 g/mol. The minimum atomic E-state index is -0.415. The molecule has 0 saturated heterocycles. The molecule has 2 aliphatic carbocycles. The van der Waals surface area contributed by atoms with E-state index in [1.54, 1.807) is 5.56 Å². The molecule has 0 radical (unpaired) electrons. The van der Waals surface area contributed by atoms with Crippen molar-refractivity contribution < 1.29 is 0 Å². The fourth-order valence-electron chi connectivity index (χ4n) is 12.4. The molecule has 53 heavy (non-hydrogen) atoms. The van der Waals surface area contributed by atoms with Crippen LogP contribution >= 0.6 is 0 Å². The molecule has 6 aromatic rings. The van der Waals surface area contributed by atoms with E-state index < -0.39 is 5.41 Å². The zero-order valence-corrected chi connectivity index (χ0v) is 31.8. The minimum absolute atomic E-state index is 0.00856. The molecule has 1 spiro atoms. The van der Waals surface area contributed by atoms with Crippen molar-refractivity contribution in [1.82, 2.24) is 0 Å². The molecule has 1 fully saturated rings. The Morgan fingerprint density at radius 1 is 0.585 bits per heavy atom. The highest BCUT2D eigenvalue weighted by atomic mass is 15.3. The molecule has 6 aliphatic rings. The predicted molar refractivity (Wildman–Crippen MR) is 223 cm³/mol. The van der Waals surface area contributed by atoms with E-state index in [-0.39, 0.29) is 23.2 Å². The quantitative estimate of drug-likeness (QED) is 0.147. The Morgan fingerprint density at radius 3 is 1.96 bits per heavy atom. The van der Waals surface area contributed by atoms with Gasteiger partial charge >= 0.3 is 6.85 Å². The molecule has 2 atom stereocenters. The van der Waals surface area contributed by atoms with Crippen LogP contribution in [0.2, 0.25) is 0 Å². The summed E-state index contributed by atoms with van der Waals surface area (Å²) in [6, 6.07) is 45.4. The topological polar surface area (TPSA) is 6.48 Å². The number of hydrogen-bond donors (Lipinski definition) is 0. The number of fused-ring (bicyclic) bond motifs is 16. The SMILES string of the molecule is Cc1cc2c3c(c1)N1c4c(cc(C(C)(C)C)cc4C4(C)CCCCC14C)B3N1c3ccccc3C3(c4ccccc4-c4ccccc43)c3cccc-2c31. The van der Waals surface area contributed by atoms with E-state index >= 15 is 0 Å². The summed E-state index contributed by atoms with van der Waals surface area (Å²) in [6.07, 6.45) is 5.02. The second kappa shape index (κ2) is 9.55. The summed E-state index contributed by atoms with van der Waals surface area (Å²) in [7, 11) is 0. The summed E-state index contributed by atoms with van der Waals surface area (Å²) >= 11 is 0. The van der Waals surface area contributed by atoms with Crippen LogP contribution in [0.4, 0.5) is 22.7 Å². The third-order valence-electron chi connectivity index (χ3n) is 15.0. The van der Waals surface area contributed by atoms with Gasteiger partial charge in [-0.05, 0) is 111 Å². The van der Waals surface area contributed by atoms with Gasteiger partial charge < -0.3 is 9.71 Å². The molecule has 258 valence electrons. The van der Waals surface area contributed by atoms with Crippen LogP contribution in [-0.2, 0) is 16.2 Å². The molecule has 0 aromatic heterocycles. The number of aryl methyl sites for hydroxylation is 1. The van der Waals surface area contributed by atoms with Crippen molar-refractivity contribution in [3.8, 4) is 22.3 Å². The summed E-state index contributed by atoms with van der Waals surface area (Å²) < 4.78 is 0. The average molecular weight is 685 g/mol. The first-order chi connectivity index (χ1) is 25.6. The Bertz CT molecular complexity index is 2600. The Balaban J connectivity index is 1.26. The molecule has 2 nitrogen and oxygen atoms in total. The summed E-state index contributed by atoms with van der Waals surface area (Å²) in [6.45, 7) is 14.8. The van der Waals surface area contributed by atoms with E-state index in [0.717, 1.165) is 0 Å². The molecule has 3 heteroatoms. The Labute approximate surface area is 314 Å². The van der Waals surface area contributed by atoms with E-state index in [9.17, 15) is 0 Å². The Morgan fingerprint density at radius 2 is 1.23 bits per heavy atom. The van der Waals surface area contributed by atoms with Crippen molar-refractivity contribution in [2.45, 2.75) is 89.0 Å². The van der Waals surface area contributed by atoms with Crippen molar-refractivity contribution in [3.05, 3.63) is 154 Å². The van der Waals surface area contributed by atoms with Gasteiger partial charge in [0.05, 0.1) is 11.0 Å². The fraction of sp³-hybridized carbons (Fsp3) is 0.280. The Hall–Kier alpha value is -5.02. The van der Waals surface area contributed by atoms with Crippen LogP contribution in [0.3, 0.4) is 0 Å². The van der Waals surface area contributed by atoms with Gasteiger partial charge in [0, 0.05) is 33.7 Å². The van der Waals surface area contributed by atoms with Crippen molar-refractivity contribution in [3.63, 3.8) is 0 Å². The van der Waals surface area contributed by atoms with Crippen molar-refractivity contribution in [2.24, 2.45) is 0 Å². The number of anilines is 4. The molecule has 12 rings (SSSR count). The van der Waals surface area contributed by atoms with E-state index in [1.807, 2.05) is 0 Å². The van der Waals surface area contributed by atoms with Crippen LogP contribution in [0.25, 0.3) is 22.3 Å². The van der Waals surface area contributed by atoms with Crippen LogP contribution < -0.4 is 20.6 Å². The van der Waals surface area contributed by atoms with E-state index in [0.29, 0.717) is 0 Å². The molecule has 1 saturated carbocycles. The molecule has 2 unspecified atom stereocenters.